The SMILES string of the molecule is C1=COC(CNCc2ccco2)CC1. The molecule has 3 heteroatoms. The molecule has 0 radical (unpaired) electrons. The molecule has 1 aromatic heterocycles. The van der Waals surface area contributed by atoms with E-state index in [2.05, 4.69) is 11.4 Å². The summed E-state index contributed by atoms with van der Waals surface area (Å²) in [5.41, 5.74) is 0. The van der Waals surface area contributed by atoms with Crippen LogP contribution < -0.4 is 5.32 Å². The van der Waals surface area contributed by atoms with E-state index in [-0.39, 0.29) is 0 Å². The molecule has 1 atom stereocenters. The second-order valence-electron chi connectivity index (χ2n) is 3.42. The second kappa shape index (κ2) is 4.86. The highest BCUT2D eigenvalue weighted by atomic mass is 16.5. The molecule has 0 amide bonds. The van der Waals surface area contributed by atoms with E-state index in [1.807, 2.05) is 12.1 Å². The van der Waals surface area contributed by atoms with Gasteiger partial charge in [-0.15, -0.1) is 0 Å². The van der Waals surface area contributed by atoms with E-state index in [0.717, 1.165) is 31.7 Å². The molecule has 0 saturated heterocycles. The van der Waals surface area contributed by atoms with E-state index in [0.29, 0.717) is 6.10 Å². The topological polar surface area (TPSA) is 34.4 Å². The lowest BCUT2D eigenvalue weighted by Gasteiger charge is -2.19. The normalized spacial score (nSPS) is 20.7. The van der Waals surface area contributed by atoms with Crippen LogP contribution in [0.4, 0.5) is 0 Å². The first-order chi connectivity index (χ1) is 6.95. The van der Waals surface area contributed by atoms with Crippen LogP contribution in [0.25, 0.3) is 0 Å². The third-order valence-electron chi connectivity index (χ3n) is 2.27. The van der Waals surface area contributed by atoms with Gasteiger partial charge in [0.15, 0.2) is 0 Å². The van der Waals surface area contributed by atoms with Crippen LogP contribution in [0.5, 0.6) is 0 Å². The fraction of sp³-hybridized carbons (Fsp3) is 0.455. The van der Waals surface area contributed by atoms with Crippen LogP contribution in [0.1, 0.15) is 18.6 Å². The predicted octanol–water partition coefficient (Wildman–Crippen LogP) is 2.06. The van der Waals surface area contributed by atoms with E-state index in [9.17, 15) is 0 Å². The van der Waals surface area contributed by atoms with Crippen molar-refractivity contribution in [3.8, 4) is 0 Å². The molecule has 0 aromatic carbocycles. The lowest BCUT2D eigenvalue weighted by Crippen LogP contribution is -2.28. The summed E-state index contributed by atoms with van der Waals surface area (Å²) in [6.07, 6.45) is 8.08. The number of allylic oxidation sites excluding steroid dienone is 1. The maximum Gasteiger partial charge on any atom is 0.117 e. The molecule has 0 saturated carbocycles. The van der Waals surface area contributed by atoms with Gasteiger partial charge < -0.3 is 14.5 Å². The van der Waals surface area contributed by atoms with Crippen molar-refractivity contribution in [3.63, 3.8) is 0 Å². The highest BCUT2D eigenvalue weighted by Gasteiger charge is 2.09. The molecular formula is C11H15NO2. The van der Waals surface area contributed by atoms with Gasteiger partial charge in [0.1, 0.15) is 11.9 Å². The molecular weight excluding hydrogens is 178 g/mol. The Morgan fingerprint density at radius 2 is 2.50 bits per heavy atom. The molecule has 0 bridgehead atoms. The third-order valence-corrected chi connectivity index (χ3v) is 2.27. The van der Waals surface area contributed by atoms with Gasteiger partial charge in [-0.3, -0.25) is 0 Å². The zero-order chi connectivity index (χ0) is 9.64. The molecule has 0 aliphatic carbocycles. The first kappa shape index (κ1) is 9.34. The van der Waals surface area contributed by atoms with Crippen LogP contribution in [0, 0.1) is 0 Å². The van der Waals surface area contributed by atoms with Crippen molar-refractivity contribution in [1.82, 2.24) is 5.32 Å². The minimum absolute atomic E-state index is 0.315. The quantitative estimate of drug-likeness (QED) is 0.794. The maximum atomic E-state index is 5.42. The minimum atomic E-state index is 0.315. The first-order valence-electron chi connectivity index (χ1n) is 4.99. The molecule has 3 nitrogen and oxygen atoms in total. The molecule has 2 rings (SSSR count). The van der Waals surface area contributed by atoms with Crippen molar-refractivity contribution < 1.29 is 9.15 Å². The molecule has 1 aromatic rings. The van der Waals surface area contributed by atoms with E-state index < -0.39 is 0 Å². The number of hydrogen-bond donors (Lipinski definition) is 1. The lowest BCUT2D eigenvalue weighted by molar-refractivity contribution is 0.121. The van der Waals surface area contributed by atoms with Gasteiger partial charge in [-0.25, -0.2) is 0 Å². The molecule has 14 heavy (non-hydrogen) atoms. The van der Waals surface area contributed by atoms with Gasteiger partial charge in [-0.2, -0.15) is 0 Å². The highest BCUT2D eigenvalue weighted by molar-refractivity contribution is 4.97. The fourth-order valence-electron chi connectivity index (χ4n) is 1.50. The van der Waals surface area contributed by atoms with Crippen LogP contribution in [-0.2, 0) is 11.3 Å². The van der Waals surface area contributed by atoms with Gasteiger partial charge in [0.2, 0.25) is 0 Å². The first-order valence-corrected chi connectivity index (χ1v) is 4.99. The Balaban J connectivity index is 1.65. The van der Waals surface area contributed by atoms with E-state index in [1.165, 1.54) is 0 Å². The summed E-state index contributed by atoms with van der Waals surface area (Å²) in [4.78, 5) is 0. The molecule has 1 unspecified atom stereocenters. The summed E-state index contributed by atoms with van der Waals surface area (Å²) in [5, 5.41) is 3.30. The summed E-state index contributed by atoms with van der Waals surface area (Å²) >= 11 is 0. The monoisotopic (exact) mass is 193 g/mol. The standard InChI is InChI=1S/C11H15NO2/c1-2-6-13-10(4-1)8-12-9-11-5-3-7-14-11/h2-3,5-7,10,12H,1,4,8-9H2. The minimum Gasteiger partial charge on any atom is -0.497 e. The summed E-state index contributed by atoms with van der Waals surface area (Å²) in [7, 11) is 0. The third kappa shape index (κ3) is 2.64. The van der Waals surface area contributed by atoms with E-state index in [1.54, 1.807) is 12.5 Å². The van der Waals surface area contributed by atoms with Gasteiger partial charge in [-0.05, 0) is 31.1 Å². The summed E-state index contributed by atoms with van der Waals surface area (Å²) in [6, 6.07) is 3.87. The lowest BCUT2D eigenvalue weighted by atomic mass is 10.1. The number of hydrogen-bond acceptors (Lipinski definition) is 3. The Bertz CT molecular complexity index is 279. The van der Waals surface area contributed by atoms with Crippen molar-refractivity contribution >= 4 is 0 Å². The summed E-state index contributed by atoms with van der Waals surface area (Å²) in [5.74, 6) is 0.969. The van der Waals surface area contributed by atoms with Crippen molar-refractivity contribution in [3.05, 3.63) is 36.5 Å². The Hall–Kier alpha value is -1.22. The molecule has 2 heterocycles. The Morgan fingerprint density at radius 1 is 1.50 bits per heavy atom. The molecule has 1 aliphatic heterocycles. The highest BCUT2D eigenvalue weighted by Crippen LogP contribution is 2.09. The fourth-order valence-corrected chi connectivity index (χ4v) is 1.50. The Kier molecular flexibility index (Phi) is 3.24. The number of nitrogens with one attached hydrogen (secondary N) is 1. The molecule has 1 N–H and O–H groups in total. The molecule has 76 valence electrons. The van der Waals surface area contributed by atoms with Crippen LogP contribution in [0.2, 0.25) is 0 Å². The van der Waals surface area contributed by atoms with Gasteiger partial charge in [0.05, 0.1) is 19.1 Å². The van der Waals surface area contributed by atoms with Crippen LogP contribution in [0.3, 0.4) is 0 Å². The smallest absolute Gasteiger partial charge is 0.117 e. The maximum absolute atomic E-state index is 5.42. The number of rotatable bonds is 4. The number of furan rings is 1. The summed E-state index contributed by atoms with van der Waals surface area (Å²) in [6.45, 7) is 1.65. The Labute approximate surface area is 83.7 Å². The van der Waals surface area contributed by atoms with Gasteiger partial charge in [-0.1, -0.05) is 0 Å². The van der Waals surface area contributed by atoms with Gasteiger partial charge in [0.25, 0.3) is 0 Å². The molecule has 0 spiro atoms. The van der Waals surface area contributed by atoms with E-state index >= 15 is 0 Å². The molecule has 1 aliphatic rings. The largest absolute Gasteiger partial charge is 0.497 e. The zero-order valence-electron chi connectivity index (χ0n) is 8.11. The van der Waals surface area contributed by atoms with Crippen molar-refractivity contribution in [2.75, 3.05) is 6.54 Å². The Morgan fingerprint density at radius 3 is 3.21 bits per heavy atom. The van der Waals surface area contributed by atoms with Crippen molar-refractivity contribution in [2.45, 2.75) is 25.5 Å². The zero-order valence-corrected chi connectivity index (χ0v) is 8.11. The average molecular weight is 193 g/mol. The van der Waals surface area contributed by atoms with E-state index in [4.69, 9.17) is 9.15 Å². The van der Waals surface area contributed by atoms with Crippen molar-refractivity contribution in [1.29, 1.82) is 0 Å². The van der Waals surface area contributed by atoms with Crippen LogP contribution in [-0.4, -0.2) is 12.6 Å². The van der Waals surface area contributed by atoms with Crippen LogP contribution >= 0.6 is 0 Å². The van der Waals surface area contributed by atoms with Crippen molar-refractivity contribution in [2.24, 2.45) is 0 Å². The number of ether oxygens (including phenoxy) is 1. The van der Waals surface area contributed by atoms with Gasteiger partial charge >= 0.3 is 0 Å². The second-order valence-corrected chi connectivity index (χ2v) is 3.42. The summed E-state index contributed by atoms with van der Waals surface area (Å²) < 4.78 is 10.6. The molecule has 0 fully saturated rings. The van der Waals surface area contributed by atoms with Crippen LogP contribution in [0.15, 0.2) is 35.2 Å². The predicted molar refractivity (Wildman–Crippen MR) is 53.7 cm³/mol. The average Bonchev–Trinajstić information content (AvgIpc) is 2.72. The van der Waals surface area contributed by atoms with Gasteiger partial charge in [0, 0.05) is 6.54 Å².